The second kappa shape index (κ2) is 7.72. The molecular formula is C18H18N2O4. The number of aromatic nitrogens is 1. The van der Waals surface area contributed by atoms with Crippen LogP contribution in [-0.4, -0.2) is 37.8 Å². The molecule has 0 saturated heterocycles. The number of nitrogens with zero attached hydrogens (tertiary/aromatic N) is 1. The first-order chi connectivity index (χ1) is 11.8. The highest BCUT2D eigenvalue weighted by atomic mass is 16.5. The number of carbonyl (C=O) groups excluding carboxylic acids is 1. The van der Waals surface area contributed by atoms with Crippen LogP contribution in [0.25, 0.3) is 22.6 Å². The predicted octanol–water partition coefficient (Wildman–Crippen LogP) is 3.10. The van der Waals surface area contributed by atoms with Crippen LogP contribution in [0.15, 0.2) is 52.9 Å². The topological polar surface area (TPSA) is 73.6 Å². The molecule has 0 saturated carbocycles. The molecule has 0 aliphatic heterocycles. The number of methoxy groups -OCH3 is 1. The summed E-state index contributed by atoms with van der Waals surface area (Å²) in [6.45, 7) is 0.850. The van der Waals surface area contributed by atoms with E-state index in [1.54, 1.807) is 19.2 Å². The normalized spacial score (nSPS) is 10.9. The van der Waals surface area contributed by atoms with Crippen LogP contribution in [0.2, 0.25) is 0 Å². The lowest BCUT2D eigenvalue weighted by atomic mass is 10.2. The number of rotatable bonds is 7. The molecule has 0 bridgehead atoms. The van der Waals surface area contributed by atoms with E-state index in [4.69, 9.17) is 13.9 Å². The summed E-state index contributed by atoms with van der Waals surface area (Å²) in [4.78, 5) is 16.2. The van der Waals surface area contributed by atoms with Crippen molar-refractivity contribution in [2.24, 2.45) is 0 Å². The SMILES string of the molecule is COCCOCC(=O)Nc1ccc(-c2nc3ccccc3o2)cc1. The number of hydrogen-bond acceptors (Lipinski definition) is 5. The van der Waals surface area contributed by atoms with Gasteiger partial charge in [0, 0.05) is 18.4 Å². The first kappa shape index (κ1) is 16.2. The lowest BCUT2D eigenvalue weighted by molar-refractivity contribution is -0.121. The van der Waals surface area contributed by atoms with Gasteiger partial charge in [-0.3, -0.25) is 4.79 Å². The second-order valence-electron chi connectivity index (χ2n) is 5.16. The quantitative estimate of drug-likeness (QED) is 0.675. The molecule has 24 heavy (non-hydrogen) atoms. The van der Waals surface area contributed by atoms with Gasteiger partial charge in [-0.15, -0.1) is 0 Å². The van der Waals surface area contributed by atoms with E-state index in [9.17, 15) is 4.79 Å². The van der Waals surface area contributed by atoms with Crippen LogP contribution < -0.4 is 5.32 Å². The molecule has 6 nitrogen and oxygen atoms in total. The zero-order chi connectivity index (χ0) is 16.8. The fraction of sp³-hybridized carbons (Fsp3) is 0.222. The molecule has 1 amide bonds. The Kier molecular flexibility index (Phi) is 5.20. The Morgan fingerprint density at radius 2 is 1.92 bits per heavy atom. The number of para-hydroxylation sites is 2. The predicted molar refractivity (Wildman–Crippen MR) is 90.8 cm³/mol. The average Bonchev–Trinajstić information content (AvgIpc) is 3.03. The highest BCUT2D eigenvalue weighted by Gasteiger charge is 2.08. The van der Waals surface area contributed by atoms with Crippen LogP contribution in [0.4, 0.5) is 5.69 Å². The van der Waals surface area contributed by atoms with Crippen molar-refractivity contribution in [1.29, 1.82) is 0 Å². The maximum atomic E-state index is 11.7. The molecule has 0 unspecified atom stereocenters. The van der Waals surface area contributed by atoms with E-state index in [0.717, 1.165) is 16.7 Å². The van der Waals surface area contributed by atoms with E-state index in [0.29, 0.717) is 24.8 Å². The minimum Gasteiger partial charge on any atom is -0.436 e. The molecule has 6 heteroatoms. The van der Waals surface area contributed by atoms with Crippen molar-refractivity contribution in [1.82, 2.24) is 4.98 Å². The highest BCUT2D eigenvalue weighted by molar-refractivity contribution is 5.91. The first-order valence-corrected chi connectivity index (χ1v) is 7.59. The van der Waals surface area contributed by atoms with Crippen LogP contribution in [-0.2, 0) is 14.3 Å². The molecule has 3 rings (SSSR count). The van der Waals surface area contributed by atoms with Crippen molar-refractivity contribution in [3.05, 3.63) is 48.5 Å². The van der Waals surface area contributed by atoms with Crippen LogP contribution in [0, 0.1) is 0 Å². The lowest BCUT2D eigenvalue weighted by Gasteiger charge is -2.06. The number of carbonyl (C=O) groups is 1. The third-order valence-corrected chi connectivity index (χ3v) is 3.37. The van der Waals surface area contributed by atoms with Gasteiger partial charge >= 0.3 is 0 Å². The van der Waals surface area contributed by atoms with Gasteiger partial charge in [0.15, 0.2) is 5.58 Å². The van der Waals surface area contributed by atoms with Gasteiger partial charge < -0.3 is 19.2 Å². The van der Waals surface area contributed by atoms with Crippen molar-refractivity contribution in [2.45, 2.75) is 0 Å². The molecule has 0 aliphatic carbocycles. The number of ether oxygens (including phenoxy) is 2. The summed E-state index contributed by atoms with van der Waals surface area (Å²) in [7, 11) is 1.59. The van der Waals surface area contributed by atoms with Gasteiger partial charge in [0.25, 0.3) is 0 Å². The molecule has 0 spiro atoms. The number of fused-ring (bicyclic) bond motifs is 1. The third kappa shape index (κ3) is 3.98. The van der Waals surface area contributed by atoms with Crippen molar-refractivity contribution >= 4 is 22.7 Å². The third-order valence-electron chi connectivity index (χ3n) is 3.37. The van der Waals surface area contributed by atoms with Crippen molar-refractivity contribution in [2.75, 3.05) is 32.2 Å². The number of hydrogen-bond donors (Lipinski definition) is 1. The van der Waals surface area contributed by atoms with Crippen LogP contribution in [0.1, 0.15) is 0 Å². The van der Waals surface area contributed by atoms with Gasteiger partial charge in [-0.1, -0.05) is 12.1 Å². The van der Waals surface area contributed by atoms with Crippen LogP contribution in [0.5, 0.6) is 0 Å². The first-order valence-electron chi connectivity index (χ1n) is 7.59. The minimum absolute atomic E-state index is 0.00373. The largest absolute Gasteiger partial charge is 0.436 e. The Labute approximate surface area is 139 Å². The summed E-state index contributed by atoms with van der Waals surface area (Å²) in [5.74, 6) is 0.345. The van der Waals surface area contributed by atoms with Gasteiger partial charge in [0.1, 0.15) is 12.1 Å². The van der Waals surface area contributed by atoms with E-state index >= 15 is 0 Å². The van der Waals surface area contributed by atoms with Gasteiger partial charge in [0.2, 0.25) is 11.8 Å². The molecule has 0 aliphatic rings. The highest BCUT2D eigenvalue weighted by Crippen LogP contribution is 2.25. The molecule has 0 fully saturated rings. The summed E-state index contributed by atoms with van der Waals surface area (Å²) in [6, 6.07) is 14.9. The Balaban J connectivity index is 1.61. The molecule has 124 valence electrons. The van der Waals surface area contributed by atoms with Gasteiger partial charge in [-0.05, 0) is 36.4 Å². The number of nitrogens with one attached hydrogen (secondary N) is 1. The fourth-order valence-corrected chi connectivity index (χ4v) is 2.20. The molecule has 1 N–H and O–H groups in total. The molecule has 0 radical (unpaired) electrons. The molecular weight excluding hydrogens is 308 g/mol. The fourth-order valence-electron chi connectivity index (χ4n) is 2.20. The van der Waals surface area contributed by atoms with Crippen LogP contribution >= 0.6 is 0 Å². The van der Waals surface area contributed by atoms with Crippen molar-refractivity contribution in [3.63, 3.8) is 0 Å². The molecule has 0 atom stereocenters. The summed E-state index contributed by atoms with van der Waals surface area (Å²) in [5, 5.41) is 2.77. The van der Waals surface area contributed by atoms with E-state index < -0.39 is 0 Å². The van der Waals surface area contributed by atoms with E-state index in [2.05, 4.69) is 10.3 Å². The van der Waals surface area contributed by atoms with E-state index in [-0.39, 0.29) is 12.5 Å². The monoisotopic (exact) mass is 326 g/mol. The van der Waals surface area contributed by atoms with E-state index in [1.807, 2.05) is 36.4 Å². The van der Waals surface area contributed by atoms with Gasteiger partial charge in [0.05, 0.1) is 13.2 Å². The van der Waals surface area contributed by atoms with Gasteiger partial charge in [-0.25, -0.2) is 4.98 Å². The number of oxazole rings is 1. The molecule has 2 aromatic carbocycles. The Hall–Kier alpha value is -2.70. The molecule has 1 heterocycles. The summed E-state index contributed by atoms with van der Waals surface area (Å²) in [6.07, 6.45) is 0. The molecule has 3 aromatic rings. The van der Waals surface area contributed by atoms with Gasteiger partial charge in [-0.2, -0.15) is 0 Å². The maximum Gasteiger partial charge on any atom is 0.250 e. The summed E-state index contributed by atoms with van der Waals surface area (Å²) < 4.78 is 15.7. The Morgan fingerprint density at radius 1 is 1.12 bits per heavy atom. The Morgan fingerprint density at radius 3 is 2.67 bits per heavy atom. The standard InChI is InChI=1S/C18H18N2O4/c1-22-10-11-23-12-17(21)19-14-8-6-13(7-9-14)18-20-15-4-2-3-5-16(15)24-18/h2-9H,10-12H2,1H3,(H,19,21). The molecule has 1 aromatic heterocycles. The number of benzene rings is 2. The number of anilines is 1. The average molecular weight is 326 g/mol. The number of amides is 1. The van der Waals surface area contributed by atoms with E-state index in [1.165, 1.54) is 0 Å². The summed E-state index contributed by atoms with van der Waals surface area (Å²) >= 11 is 0. The summed E-state index contributed by atoms with van der Waals surface area (Å²) in [5.41, 5.74) is 3.10. The van der Waals surface area contributed by atoms with Crippen molar-refractivity contribution < 1.29 is 18.7 Å². The minimum atomic E-state index is -0.208. The Bertz CT molecular complexity index is 778. The zero-order valence-electron chi connectivity index (χ0n) is 13.3. The van der Waals surface area contributed by atoms with Crippen molar-refractivity contribution in [3.8, 4) is 11.5 Å². The smallest absolute Gasteiger partial charge is 0.250 e. The lowest BCUT2D eigenvalue weighted by Crippen LogP contribution is -2.19. The van der Waals surface area contributed by atoms with Crippen LogP contribution in [0.3, 0.4) is 0 Å². The zero-order valence-corrected chi connectivity index (χ0v) is 13.3. The maximum absolute atomic E-state index is 11.7. The second-order valence-corrected chi connectivity index (χ2v) is 5.16.